The smallest absolute Gasteiger partial charge is 0.170 e. The molecular weight excluding hydrogens is 376 g/mol. The van der Waals surface area contributed by atoms with E-state index in [2.05, 4.69) is 83.9 Å². The van der Waals surface area contributed by atoms with Crippen LogP contribution in [-0.2, 0) is 6.42 Å². The molecule has 29 heavy (non-hydrogen) atoms. The maximum atomic E-state index is 5.69. The minimum absolute atomic E-state index is 0.0408. The van der Waals surface area contributed by atoms with Crippen LogP contribution in [0.4, 0.5) is 0 Å². The fourth-order valence-electron chi connectivity index (χ4n) is 4.57. The lowest BCUT2D eigenvalue weighted by Crippen LogP contribution is -2.29. The van der Waals surface area contributed by atoms with Crippen molar-refractivity contribution in [3.63, 3.8) is 0 Å². The van der Waals surface area contributed by atoms with Crippen LogP contribution in [0, 0.1) is 13.8 Å². The number of hydrogen-bond acceptors (Lipinski definition) is 2. The Morgan fingerprint density at radius 3 is 2.52 bits per heavy atom. The molecule has 150 valence electrons. The Morgan fingerprint density at radius 2 is 1.83 bits per heavy atom. The van der Waals surface area contributed by atoms with Crippen molar-refractivity contribution >= 4 is 17.3 Å². The second kappa shape index (κ2) is 7.99. The molecule has 1 aliphatic rings. The average molecular weight is 405 g/mol. The van der Waals surface area contributed by atoms with Gasteiger partial charge in [0, 0.05) is 29.8 Å². The molecule has 1 fully saturated rings. The second-order valence-electron chi connectivity index (χ2n) is 7.56. The summed E-state index contributed by atoms with van der Waals surface area (Å²) in [6, 6.07) is 17.2. The quantitative estimate of drug-likeness (QED) is 0.604. The molecule has 3 aromatic rings. The van der Waals surface area contributed by atoms with Gasteiger partial charge >= 0.3 is 0 Å². The molecule has 4 rings (SSSR count). The van der Waals surface area contributed by atoms with Crippen molar-refractivity contribution in [2.45, 2.75) is 46.2 Å². The summed E-state index contributed by atoms with van der Waals surface area (Å²) in [6.45, 7) is 9.64. The number of nitrogens with one attached hydrogen (secondary N) is 1. The summed E-state index contributed by atoms with van der Waals surface area (Å²) < 4.78 is 2.39. The molecule has 2 aromatic heterocycles. The lowest BCUT2D eigenvalue weighted by atomic mass is 9.97. The van der Waals surface area contributed by atoms with Crippen LogP contribution in [0.5, 0.6) is 0 Å². The summed E-state index contributed by atoms with van der Waals surface area (Å²) in [5.74, 6) is 0. The van der Waals surface area contributed by atoms with E-state index >= 15 is 0 Å². The van der Waals surface area contributed by atoms with E-state index < -0.39 is 0 Å². The Balaban J connectivity index is 1.85. The van der Waals surface area contributed by atoms with Gasteiger partial charge in [0.15, 0.2) is 5.11 Å². The van der Waals surface area contributed by atoms with Gasteiger partial charge in [-0.2, -0.15) is 0 Å². The number of para-hydroxylation sites is 1. The van der Waals surface area contributed by atoms with Crippen molar-refractivity contribution in [1.82, 2.24) is 19.8 Å². The van der Waals surface area contributed by atoms with E-state index in [9.17, 15) is 0 Å². The van der Waals surface area contributed by atoms with Gasteiger partial charge in [0.1, 0.15) is 0 Å². The number of benzene rings is 1. The summed E-state index contributed by atoms with van der Waals surface area (Å²) in [4.78, 5) is 6.91. The van der Waals surface area contributed by atoms with Gasteiger partial charge in [-0.1, -0.05) is 31.2 Å². The standard InChI is InChI=1S/C24H28N4S/c1-5-18-11-7-8-13-21(18)28-16(3)15-19(17(28)4)23-22(20-12-9-10-14-25-20)26-24(29)27(23)6-2/h7-15,22-23H,5-6H2,1-4H3,(H,26,29)/t22-,23-/m1/s1. The van der Waals surface area contributed by atoms with E-state index in [1.54, 1.807) is 0 Å². The van der Waals surface area contributed by atoms with Gasteiger partial charge in [0.25, 0.3) is 0 Å². The van der Waals surface area contributed by atoms with E-state index in [1.807, 2.05) is 18.3 Å². The van der Waals surface area contributed by atoms with Crippen molar-refractivity contribution in [3.8, 4) is 5.69 Å². The van der Waals surface area contributed by atoms with Crippen LogP contribution in [0.15, 0.2) is 54.7 Å². The summed E-state index contributed by atoms with van der Waals surface area (Å²) >= 11 is 5.69. The first kappa shape index (κ1) is 19.6. The largest absolute Gasteiger partial charge is 0.352 e. The molecule has 2 atom stereocenters. The van der Waals surface area contributed by atoms with Crippen LogP contribution < -0.4 is 5.32 Å². The molecule has 0 amide bonds. The van der Waals surface area contributed by atoms with E-state index in [4.69, 9.17) is 12.2 Å². The Hall–Kier alpha value is -2.66. The van der Waals surface area contributed by atoms with Crippen LogP contribution >= 0.6 is 12.2 Å². The minimum Gasteiger partial charge on any atom is -0.352 e. The molecule has 0 spiro atoms. The highest BCUT2D eigenvalue weighted by atomic mass is 32.1. The maximum Gasteiger partial charge on any atom is 0.170 e. The first-order valence-corrected chi connectivity index (χ1v) is 10.7. The predicted molar refractivity (Wildman–Crippen MR) is 122 cm³/mol. The molecular formula is C24H28N4S. The van der Waals surface area contributed by atoms with Crippen LogP contribution in [0.2, 0.25) is 0 Å². The van der Waals surface area contributed by atoms with Crippen molar-refractivity contribution in [2.24, 2.45) is 0 Å². The molecule has 0 aliphatic carbocycles. The van der Waals surface area contributed by atoms with Crippen LogP contribution in [0.3, 0.4) is 0 Å². The third-order valence-corrected chi connectivity index (χ3v) is 6.29. The molecule has 1 saturated heterocycles. The number of likely N-dealkylation sites (N-methyl/N-ethyl adjacent to an activating group) is 1. The highest BCUT2D eigenvalue weighted by Gasteiger charge is 2.40. The van der Waals surface area contributed by atoms with Crippen LogP contribution in [0.1, 0.15) is 54.1 Å². The number of rotatable bonds is 5. The first-order valence-electron chi connectivity index (χ1n) is 10.3. The molecule has 3 heterocycles. The molecule has 0 bridgehead atoms. The number of hydrogen-bond donors (Lipinski definition) is 1. The fraction of sp³-hybridized carbons (Fsp3) is 0.333. The summed E-state index contributed by atoms with van der Waals surface area (Å²) in [5, 5.41) is 4.32. The summed E-state index contributed by atoms with van der Waals surface area (Å²) in [6.07, 6.45) is 2.86. The number of pyridine rings is 1. The summed E-state index contributed by atoms with van der Waals surface area (Å²) in [7, 11) is 0. The second-order valence-corrected chi connectivity index (χ2v) is 7.94. The van der Waals surface area contributed by atoms with E-state index in [0.717, 1.165) is 23.8 Å². The number of aromatic nitrogens is 2. The zero-order valence-corrected chi connectivity index (χ0v) is 18.3. The monoisotopic (exact) mass is 404 g/mol. The van der Waals surface area contributed by atoms with Gasteiger partial charge in [-0.3, -0.25) is 4.98 Å². The topological polar surface area (TPSA) is 33.1 Å². The normalized spacial score (nSPS) is 18.9. The fourth-order valence-corrected chi connectivity index (χ4v) is 4.94. The van der Waals surface area contributed by atoms with Gasteiger partial charge in [-0.05, 0) is 74.8 Å². The predicted octanol–water partition coefficient (Wildman–Crippen LogP) is 5.04. The van der Waals surface area contributed by atoms with Gasteiger partial charge < -0.3 is 14.8 Å². The highest BCUT2D eigenvalue weighted by molar-refractivity contribution is 7.80. The van der Waals surface area contributed by atoms with E-state index in [1.165, 1.54) is 28.2 Å². The number of aryl methyl sites for hydroxylation is 2. The third kappa shape index (κ3) is 3.33. The maximum absolute atomic E-state index is 5.69. The third-order valence-electron chi connectivity index (χ3n) is 5.94. The Kier molecular flexibility index (Phi) is 5.41. The van der Waals surface area contributed by atoms with Gasteiger partial charge in [-0.15, -0.1) is 0 Å². The molecule has 4 nitrogen and oxygen atoms in total. The molecule has 1 aromatic carbocycles. The van der Waals surface area contributed by atoms with Crippen molar-refractivity contribution < 1.29 is 0 Å². The molecule has 0 radical (unpaired) electrons. The minimum atomic E-state index is 0.0408. The van der Waals surface area contributed by atoms with E-state index in [-0.39, 0.29) is 12.1 Å². The van der Waals surface area contributed by atoms with Crippen LogP contribution in [-0.4, -0.2) is 26.1 Å². The van der Waals surface area contributed by atoms with Gasteiger partial charge in [-0.25, -0.2) is 0 Å². The van der Waals surface area contributed by atoms with Crippen LogP contribution in [0.25, 0.3) is 5.69 Å². The average Bonchev–Trinajstić information content (AvgIpc) is 3.23. The van der Waals surface area contributed by atoms with Crippen molar-refractivity contribution in [3.05, 3.63) is 82.9 Å². The molecule has 5 heteroatoms. The first-order chi connectivity index (χ1) is 14.1. The zero-order valence-electron chi connectivity index (χ0n) is 17.5. The summed E-state index contributed by atoms with van der Waals surface area (Å²) in [5.41, 5.74) is 7.45. The SMILES string of the molecule is CCc1ccccc1-n1c(C)cc([C@@H]2[C@@H](c3ccccn3)NC(=S)N2CC)c1C. The van der Waals surface area contributed by atoms with E-state index in [0.29, 0.717) is 0 Å². The molecule has 0 saturated carbocycles. The lowest BCUT2D eigenvalue weighted by Gasteiger charge is -2.27. The number of nitrogens with zero attached hydrogens (tertiary/aromatic N) is 3. The van der Waals surface area contributed by atoms with Crippen molar-refractivity contribution in [2.75, 3.05) is 6.54 Å². The Morgan fingerprint density at radius 1 is 1.07 bits per heavy atom. The molecule has 1 aliphatic heterocycles. The van der Waals surface area contributed by atoms with Gasteiger partial charge in [0.05, 0.1) is 17.8 Å². The Labute approximate surface area is 178 Å². The Bertz CT molecular complexity index is 1020. The van der Waals surface area contributed by atoms with Crippen molar-refractivity contribution in [1.29, 1.82) is 0 Å². The number of thiocarbonyl (C=S) groups is 1. The lowest BCUT2D eigenvalue weighted by molar-refractivity contribution is 0.329. The molecule has 1 N–H and O–H groups in total. The zero-order chi connectivity index (χ0) is 20.5. The molecule has 0 unspecified atom stereocenters. The highest BCUT2D eigenvalue weighted by Crippen LogP contribution is 2.41. The van der Waals surface area contributed by atoms with Gasteiger partial charge in [0.2, 0.25) is 0 Å².